The van der Waals surface area contributed by atoms with E-state index in [1.165, 1.54) is 37.3 Å². The average molecular weight is 286 g/mol. The van der Waals surface area contributed by atoms with Crippen LogP contribution in [0.2, 0.25) is 0 Å². The molecule has 0 radical (unpaired) electrons. The van der Waals surface area contributed by atoms with Gasteiger partial charge in [-0.2, -0.15) is 0 Å². The summed E-state index contributed by atoms with van der Waals surface area (Å²) in [7, 11) is 1.70. The molecule has 3 heteroatoms. The smallest absolute Gasteiger partial charge is 0.330 e. The first-order chi connectivity index (χ1) is 10.2. The van der Waals surface area contributed by atoms with Gasteiger partial charge >= 0.3 is 5.97 Å². The molecule has 0 aliphatic heterocycles. The Bertz CT molecular complexity index is 539. The minimum Gasteiger partial charge on any atom is -0.496 e. The third kappa shape index (κ3) is 4.35. The van der Waals surface area contributed by atoms with E-state index in [0.717, 1.165) is 23.7 Å². The molecule has 0 spiro atoms. The number of ether oxygens (including phenoxy) is 2. The number of carbonyl (C=O) groups excluding carboxylic acids is 1. The van der Waals surface area contributed by atoms with Gasteiger partial charge in [0.2, 0.25) is 0 Å². The Kier molecular flexibility index (Phi) is 4.28. The predicted molar refractivity (Wildman–Crippen MR) is 82.1 cm³/mol. The maximum Gasteiger partial charge on any atom is 0.330 e. The molecule has 0 heterocycles. The fourth-order valence-electron chi connectivity index (χ4n) is 2.39. The van der Waals surface area contributed by atoms with Crippen molar-refractivity contribution < 1.29 is 14.3 Å². The molecule has 2 aliphatic rings. The van der Waals surface area contributed by atoms with Crippen LogP contribution < -0.4 is 4.74 Å². The van der Waals surface area contributed by atoms with Crippen LogP contribution in [-0.2, 0) is 16.0 Å². The van der Waals surface area contributed by atoms with Crippen molar-refractivity contribution in [3.63, 3.8) is 0 Å². The van der Waals surface area contributed by atoms with Gasteiger partial charge in [0.1, 0.15) is 5.75 Å². The molecule has 3 nitrogen and oxygen atoms in total. The summed E-state index contributed by atoms with van der Waals surface area (Å²) < 4.78 is 10.6. The Morgan fingerprint density at radius 3 is 2.67 bits per heavy atom. The fraction of sp³-hybridized carbons (Fsp3) is 0.500. The summed E-state index contributed by atoms with van der Waals surface area (Å²) in [6.07, 6.45) is 9.43. The number of carbonyl (C=O) groups is 1. The Hall–Kier alpha value is -1.77. The van der Waals surface area contributed by atoms with Gasteiger partial charge in [-0.15, -0.1) is 0 Å². The van der Waals surface area contributed by atoms with Crippen molar-refractivity contribution in [2.24, 2.45) is 11.8 Å². The summed E-state index contributed by atoms with van der Waals surface area (Å²) in [5.74, 6) is 2.10. The van der Waals surface area contributed by atoms with Crippen LogP contribution in [-0.4, -0.2) is 19.7 Å². The van der Waals surface area contributed by atoms with Gasteiger partial charge in [-0.05, 0) is 73.3 Å². The topological polar surface area (TPSA) is 35.5 Å². The molecule has 0 aromatic heterocycles. The molecule has 3 rings (SSSR count). The SMILES string of the molecule is COc1ccc(/C=C/C(=O)OCC2CC2)cc1CC1CC1. The van der Waals surface area contributed by atoms with Crippen molar-refractivity contribution in [2.75, 3.05) is 13.7 Å². The first-order valence-corrected chi connectivity index (χ1v) is 7.76. The van der Waals surface area contributed by atoms with E-state index >= 15 is 0 Å². The van der Waals surface area contributed by atoms with Crippen LogP contribution in [0.15, 0.2) is 24.3 Å². The van der Waals surface area contributed by atoms with Gasteiger partial charge in [0.25, 0.3) is 0 Å². The standard InChI is InChI=1S/C18H22O3/c1-20-17-8-6-14(11-16(17)10-13-2-3-13)7-9-18(19)21-12-15-4-5-15/h6-9,11,13,15H,2-5,10,12H2,1H3/b9-7+. The van der Waals surface area contributed by atoms with Crippen molar-refractivity contribution in [1.29, 1.82) is 0 Å². The van der Waals surface area contributed by atoms with Gasteiger partial charge in [-0.1, -0.05) is 6.07 Å². The molecule has 2 aliphatic carbocycles. The third-order valence-electron chi connectivity index (χ3n) is 4.08. The van der Waals surface area contributed by atoms with E-state index in [1.54, 1.807) is 7.11 Å². The summed E-state index contributed by atoms with van der Waals surface area (Å²) in [5, 5.41) is 0. The number of methoxy groups -OCH3 is 1. The summed E-state index contributed by atoms with van der Waals surface area (Å²) in [6, 6.07) is 6.06. The lowest BCUT2D eigenvalue weighted by Crippen LogP contribution is -2.03. The number of benzene rings is 1. The molecule has 0 N–H and O–H groups in total. The lowest BCUT2D eigenvalue weighted by atomic mass is 10.0. The second-order valence-corrected chi connectivity index (χ2v) is 6.13. The van der Waals surface area contributed by atoms with E-state index in [0.29, 0.717) is 12.5 Å². The van der Waals surface area contributed by atoms with E-state index in [1.807, 2.05) is 18.2 Å². The van der Waals surface area contributed by atoms with Gasteiger partial charge in [0, 0.05) is 6.08 Å². The Morgan fingerprint density at radius 2 is 2.00 bits per heavy atom. The second-order valence-electron chi connectivity index (χ2n) is 6.13. The van der Waals surface area contributed by atoms with Crippen molar-refractivity contribution in [3.05, 3.63) is 35.4 Å². The van der Waals surface area contributed by atoms with Crippen LogP contribution in [0.25, 0.3) is 6.08 Å². The lowest BCUT2D eigenvalue weighted by Gasteiger charge is -2.09. The summed E-state index contributed by atoms with van der Waals surface area (Å²) >= 11 is 0. The molecule has 2 fully saturated rings. The minimum absolute atomic E-state index is 0.249. The van der Waals surface area contributed by atoms with Crippen LogP contribution >= 0.6 is 0 Å². The zero-order valence-electron chi connectivity index (χ0n) is 12.5. The fourth-order valence-corrected chi connectivity index (χ4v) is 2.39. The monoisotopic (exact) mass is 286 g/mol. The quantitative estimate of drug-likeness (QED) is 0.567. The highest BCUT2D eigenvalue weighted by molar-refractivity contribution is 5.87. The van der Waals surface area contributed by atoms with Crippen LogP contribution in [0.1, 0.15) is 36.8 Å². The molecule has 1 aromatic carbocycles. The predicted octanol–water partition coefficient (Wildman–Crippen LogP) is 3.61. The normalized spacial score (nSPS) is 18.0. The van der Waals surface area contributed by atoms with Gasteiger partial charge in [-0.25, -0.2) is 4.79 Å². The Labute approximate surface area is 125 Å². The number of hydrogen-bond donors (Lipinski definition) is 0. The zero-order valence-corrected chi connectivity index (χ0v) is 12.5. The maximum absolute atomic E-state index is 11.6. The first kappa shape index (κ1) is 14.2. The van der Waals surface area contributed by atoms with Crippen molar-refractivity contribution in [3.8, 4) is 5.75 Å². The van der Waals surface area contributed by atoms with Gasteiger partial charge in [-0.3, -0.25) is 0 Å². The molecule has 0 saturated heterocycles. The van der Waals surface area contributed by atoms with Gasteiger partial charge in [0.05, 0.1) is 13.7 Å². The number of esters is 1. The molecule has 1 aromatic rings. The van der Waals surface area contributed by atoms with Crippen molar-refractivity contribution >= 4 is 12.0 Å². The molecular formula is C18H22O3. The van der Waals surface area contributed by atoms with Crippen LogP contribution in [0, 0.1) is 11.8 Å². The van der Waals surface area contributed by atoms with Crippen molar-refractivity contribution in [2.45, 2.75) is 32.1 Å². The highest BCUT2D eigenvalue weighted by atomic mass is 16.5. The van der Waals surface area contributed by atoms with Crippen LogP contribution in [0.4, 0.5) is 0 Å². The molecule has 112 valence electrons. The number of hydrogen-bond acceptors (Lipinski definition) is 3. The molecule has 0 atom stereocenters. The first-order valence-electron chi connectivity index (χ1n) is 7.76. The van der Waals surface area contributed by atoms with Gasteiger partial charge < -0.3 is 9.47 Å². The van der Waals surface area contributed by atoms with Gasteiger partial charge in [0.15, 0.2) is 0 Å². The highest BCUT2D eigenvalue weighted by Crippen LogP contribution is 2.35. The minimum atomic E-state index is -0.249. The van der Waals surface area contributed by atoms with Crippen molar-refractivity contribution in [1.82, 2.24) is 0 Å². The van der Waals surface area contributed by atoms with Crippen LogP contribution in [0.5, 0.6) is 5.75 Å². The Balaban J connectivity index is 1.61. The third-order valence-corrected chi connectivity index (χ3v) is 4.08. The lowest BCUT2D eigenvalue weighted by molar-refractivity contribution is -0.138. The highest BCUT2D eigenvalue weighted by Gasteiger charge is 2.23. The van der Waals surface area contributed by atoms with E-state index < -0.39 is 0 Å². The molecule has 21 heavy (non-hydrogen) atoms. The molecular weight excluding hydrogens is 264 g/mol. The zero-order chi connectivity index (χ0) is 14.7. The Morgan fingerprint density at radius 1 is 1.24 bits per heavy atom. The van der Waals surface area contributed by atoms with E-state index in [2.05, 4.69) is 6.07 Å². The molecule has 0 bridgehead atoms. The van der Waals surface area contributed by atoms with E-state index in [9.17, 15) is 4.79 Å². The van der Waals surface area contributed by atoms with E-state index in [-0.39, 0.29) is 5.97 Å². The van der Waals surface area contributed by atoms with Crippen LogP contribution in [0.3, 0.4) is 0 Å². The maximum atomic E-state index is 11.6. The molecule has 0 amide bonds. The molecule has 0 unspecified atom stereocenters. The average Bonchev–Trinajstić information content (AvgIpc) is 3.37. The molecule has 2 saturated carbocycles. The van der Waals surface area contributed by atoms with E-state index in [4.69, 9.17) is 9.47 Å². The summed E-state index contributed by atoms with van der Waals surface area (Å²) in [6.45, 7) is 0.568. The summed E-state index contributed by atoms with van der Waals surface area (Å²) in [5.41, 5.74) is 2.25. The summed E-state index contributed by atoms with van der Waals surface area (Å²) in [4.78, 5) is 11.6. The second kappa shape index (κ2) is 6.33. The number of rotatable bonds is 7. The largest absolute Gasteiger partial charge is 0.496 e.